The molecule has 0 saturated heterocycles. The van der Waals surface area contributed by atoms with Crippen LogP contribution in [-0.4, -0.2) is 29.6 Å². The number of nitrogens with one attached hydrogen (secondary N) is 1. The SMILES string of the molecule is CCn1cc(Br)cc1C(=O)OCCNC(=O)CCc1ccc(C)cc1. The highest BCUT2D eigenvalue weighted by molar-refractivity contribution is 9.10. The quantitative estimate of drug-likeness (QED) is 0.539. The normalized spacial score (nSPS) is 10.5. The smallest absolute Gasteiger partial charge is 0.355 e. The van der Waals surface area contributed by atoms with Gasteiger partial charge >= 0.3 is 5.97 Å². The molecule has 1 heterocycles. The molecule has 0 aliphatic heterocycles. The number of carbonyl (C=O) groups excluding carboxylic acids is 2. The first kappa shape index (κ1) is 19.2. The van der Waals surface area contributed by atoms with Gasteiger partial charge < -0.3 is 14.6 Å². The van der Waals surface area contributed by atoms with Crippen molar-refractivity contribution in [3.05, 3.63) is 57.8 Å². The first-order chi connectivity index (χ1) is 12.0. The van der Waals surface area contributed by atoms with E-state index in [1.165, 1.54) is 5.56 Å². The van der Waals surface area contributed by atoms with Crippen molar-refractivity contribution in [3.8, 4) is 0 Å². The van der Waals surface area contributed by atoms with Gasteiger partial charge in [-0.1, -0.05) is 29.8 Å². The summed E-state index contributed by atoms with van der Waals surface area (Å²) in [5, 5.41) is 2.77. The number of halogens is 1. The van der Waals surface area contributed by atoms with E-state index < -0.39 is 0 Å². The van der Waals surface area contributed by atoms with Crippen molar-refractivity contribution < 1.29 is 14.3 Å². The van der Waals surface area contributed by atoms with E-state index in [4.69, 9.17) is 4.74 Å². The molecule has 2 aromatic rings. The molecule has 0 unspecified atom stereocenters. The largest absolute Gasteiger partial charge is 0.459 e. The first-order valence-corrected chi connectivity index (χ1v) is 9.14. The molecule has 0 spiro atoms. The van der Waals surface area contributed by atoms with Crippen LogP contribution >= 0.6 is 15.9 Å². The lowest BCUT2D eigenvalue weighted by Gasteiger charge is -2.08. The molecule has 0 fully saturated rings. The fourth-order valence-electron chi connectivity index (χ4n) is 2.42. The molecule has 1 aromatic heterocycles. The van der Waals surface area contributed by atoms with Crippen molar-refractivity contribution in [1.29, 1.82) is 0 Å². The Balaban J connectivity index is 1.67. The van der Waals surface area contributed by atoms with Crippen molar-refractivity contribution in [2.45, 2.75) is 33.2 Å². The van der Waals surface area contributed by atoms with E-state index in [0.717, 1.165) is 10.0 Å². The van der Waals surface area contributed by atoms with Crippen LogP contribution in [0.1, 0.15) is 35.0 Å². The Labute approximate surface area is 156 Å². The summed E-state index contributed by atoms with van der Waals surface area (Å²) in [5.41, 5.74) is 2.84. The zero-order chi connectivity index (χ0) is 18.2. The third kappa shape index (κ3) is 6.05. The fourth-order valence-corrected chi connectivity index (χ4v) is 2.88. The highest BCUT2D eigenvalue weighted by atomic mass is 79.9. The van der Waals surface area contributed by atoms with Crippen LogP contribution in [0.4, 0.5) is 0 Å². The van der Waals surface area contributed by atoms with Crippen molar-refractivity contribution in [3.63, 3.8) is 0 Å². The third-order valence-corrected chi connectivity index (χ3v) is 4.27. The number of hydrogen-bond donors (Lipinski definition) is 1. The second-order valence-corrected chi connectivity index (χ2v) is 6.72. The number of carbonyl (C=O) groups is 2. The first-order valence-electron chi connectivity index (χ1n) is 8.34. The van der Waals surface area contributed by atoms with E-state index in [0.29, 0.717) is 31.6 Å². The van der Waals surface area contributed by atoms with Crippen molar-refractivity contribution in [2.75, 3.05) is 13.2 Å². The van der Waals surface area contributed by atoms with E-state index in [-0.39, 0.29) is 18.5 Å². The van der Waals surface area contributed by atoms with Gasteiger partial charge in [0.05, 0.1) is 6.54 Å². The molecule has 0 bridgehead atoms. The number of ether oxygens (including phenoxy) is 1. The highest BCUT2D eigenvalue weighted by Gasteiger charge is 2.13. The molecule has 0 saturated carbocycles. The maximum absolute atomic E-state index is 12.0. The van der Waals surface area contributed by atoms with Crippen LogP contribution in [-0.2, 0) is 22.5 Å². The number of nitrogens with zero attached hydrogens (tertiary/aromatic N) is 1. The standard InChI is InChI=1S/C19H23BrN2O3/c1-3-22-13-16(20)12-17(22)19(24)25-11-10-21-18(23)9-8-15-6-4-14(2)5-7-15/h4-7,12-13H,3,8-11H2,1-2H3,(H,21,23). The van der Waals surface area contributed by atoms with Gasteiger partial charge in [0.25, 0.3) is 0 Å². The monoisotopic (exact) mass is 406 g/mol. The Morgan fingerprint density at radius 3 is 2.64 bits per heavy atom. The second kappa shape index (κ2) is 9.42. The Morgan fingerprint density at radius 2 is 1.96 bits per heavy atom. The molecule has 0 atom stereocenters. The average Bonchev–Trinajstić information content (AvgIpc) is 2.99. The van der Waals surface area contributed by atoms with E-state index in [1.807, 2.05) is 48.9 Å². The molecular weight excluding hydrogens is 384 g/mol. The molecule has 1 aromatic carbocycles. The minimum Gasteiger partial charge on any atom is -0.459 e. The lowest BCUT2D eigenvalue weighted by molar-refractivity contribution is -0.121. The van der Waals surface area contributed by atoms with Gasteiger partial charge in [0.15, 0.2) is 0 Å². The highest BCUT2D eigenvalue weighted by Crippen LogP contribution is 2.15. The number of benzene rings is 1. The summed E-state index contributed by atoms with van der Waals surface area (Å²) < 4.78 is 7.87. The Morgan fingerprint density at radius 1 is 1.24 bits per heavy atom. The van der Waals surface area contributed by atoms with Crippen LogP contribution in [0.15, 0.2) is 41.0 Å². The molecule has 134 valence electrons. The van der Waals surface area contributed by atoms with Crippen LogP contribution in [0.2, 0.25) is 0 Å². The molecule has 1 N–H and O–H groups in total. The third-order valence-electron chi connectivity index (χ3n) is 3.83. The van der Waals surface area contributed by atoms with Crippen LogP contribution in [0.3, 0.4) is 0 Å². The molecule has 0 radical (unpaired) electrons. The van der Waals surface area contributed by atoms with Crippen LogP contribution < -0.4 is 5.32 Å². The molecule has 0 aliphatic carbocycles. The minimum atomic E-state index is -0.388. The summed E-state index contributed by atoms with van der Waals surface area (Å²) in [5.74, 6) is -0.433. The lowest BCUT2D eigenvalue weighted by Crippen LogP contribution is -2.28. The number of esters is 1. The number of aryl methyl sites for hydroxylation is 3. The van der Waals surface area contributed by atoms with Gasteiger partial charge in [0, 0.05) is 23.6 Å². The summed E-state index contributed by atoms with van der Waals surface area (Å²) >= 11 is 3.35. The predicted octanol–water partition coefficient (Wildman–Crippen LogP) is 3.48. The van der Waals surface area contributed by atoms with E-state index in [1.54, 1.807) is 6.07 Å². The van der Waals surface area contributed by atoms with Crippen LogP contribution in [0.25, 0.3) is 0 Å². The summed E-state index contributed by atoms with van der Waals surface area (Å²) in [6.07, 6.45) is 2.95. The van der Waals surface area contributed by atoms with Crippen LogP contribution in [0, 0.1) is 6.92 Å². The molecule has 2 rings (SSSR count). The van der Waals surface area contributed by atoms with Gasteiger partial charge in [-0.2, -0.15) is 0 Å². The van der Waals surface area contributed by atoms with E-state index >= 15 is 0 Å². The number of aromatic nitrogens is 1. The topological polar surface area (TPSA) is 60.3 Å². The van der Waals surface area contributed by atoms with Crippen molar-refractivity contribution >= 4 is 27.8 Å². The summed E-state index contributed by atoms with van der Waals surface area (Å²) in [4.78, 5) is 23.9. The average molecular weight is 407 g/mol. The van der Waals surface area contributed by atoms with E-state index in [2.05, 4.69) is 21.2 Å². The predicted molar refractivity (Wildman–Crippen MR) is 101 cm³/mol. The molecule has 0 aliphatic rings. The second-order valence-electron chi connectivity index (χ2n) is 5.80. The minimum absolute atomic E-state index is 0.0451. The Hall–Kier alpha value is -2.08. The number of hydrogen-bond acceptors (Lipinski definition) is 3. The summed E-state index contributed by atoms with van der Waals surface area (Å²) in [7, 11) is 0. The zero-order valence-electron chi connectivity index (χ0n) is 14.5. The Bertz CT molecular complexity index is 723. The molecule has 1 amide bonds. The lowest BCUT2D eigenvalue weighted by atomic mass is 10.1. The molecule has 25 heavy (non-hydrogen) atoms. The van der Waals surface area contributed by atoms with Gasteiger partial charge in [0.2, 0.25) is 5.91 Å². The van der Waals surface area contributed by atoms with E-state index in [9.17, 15) is 9.59 Å². The van der Waals surface area contributed by atoms with Crippen molar-refractivity contribution in [1.82, 2.24) is 9.88 Å². The van der Waals surface area contributed by atoms with Gasteiger partial charge in [-0.05, 0) is 47.8 Å². The van der Waals surface area contributed by atoms with Gasteiger partial charge in [0.1, 0.15) is 12.3 Å². The van der Waals surface area contributed by atoms with Crippen molar-refractivity contribution in [2.24, 2.45) is 0 Å². The maximum atomic E-state index is 12.0. The molecule has 5 nitrogen and oxygen atoms in total. The number of amides is 1. The van der Waals surface area contributed by atoms with Gasteiger partial charge in [-0.15, -0.1) is 0 Å². The number of rotatable bonds is 8. The molecule has 6 heteroatoms. The van der Waals surface area contributed by atoms with Gasteiger partial charge in [-0.25, -0.2) is 4.79 Å². The Kier molecular flexibility index (Phi) is 7.25. The molecular formula is C19H23BrN2O3. The summed E-state index contributed by atoms with van der Waals surface area (Å²) in [6, 6.07) is 9.87. The van der Waals surface area contributed by atoms with Crippen LogP contribution in [0.5, 0.6) is 0 Å². The fraction of sp³-hybridized carbons (Fsp3) is 0.368. The maximum Gasteiger partial charge on any atom is 0.355 e. The zero-order valence-corrected chi connectivity index (χ0v) is 16.1. The van der Waals surface area contributed by atoms with Gasteiger partial charge in [-0.3, -0.25) is 4.79 Å². The summed E-state index contributed by atoms with van der Waals surface area (Å²) in [6.45, 7) is 5.14.